The Kier molecular flexibility index (Phi) is 7.82. The maximum Gasteiger partial charge on any atom is 0.142 e. The van der Waals surface area contributed by atoms with Gasteiger partial charge in [0.15, 0.2) is 0 Å². The number of hydrogen-bond acceptors (Lipinski definition) is 5. The fourth-order valence-electron chi connectivity index (χ4n) is 2.66. The van der Waals surface area contributed by atoms with Gasteiger partial charge < -0.3 is 32.5 Å². The van der Waals surface area contributed by atoms with Crippen LogP contribution in [0, 0.1) is 0 Å². The third kappa shape index (κ3) is 5.04. The summed E-state index contributed by atoms with van der Waals surface area (Å²) in [6.45, 7) is 5.25. The van der Waals surface area contributed by atoms with Crippen LogP contribution in [0.25, 0.3) is 0 Å². The minimum absolute atomic E-state index is 0. The largest absolute Gasteiger partial charge is 1.00 e. The van der Waals surface area contributed by atoms with E-state index in [4.69, 9.17) is 4.74 Å². The molecule has 5 nitrogen and oxygen atoms in total. The second-order valence-electron chi connectivity index (χ2n) is 5.17. The van der Waals surface area contributed by atoms with Gasteiger partial charge >= 0.3 is 0 Å². The summed E-state index contributed by atoms with van der Waals surface area (Å²) < 4.78 is 5.42. The molecule has 1 aliphatic heterocycles. The quantitative estimate of drug-likeness (QED) is 0.603. The number of halogens is 1. The summed E-state index contributed by atoms with van der Waals surface area (Å²) in [5.74, 6) is 0.927. The van der Waals surface area contributed by atoms with Crippen molar-refractivity contribution in [3.8, 4) is 5.75 Å². The van der Waals surface area contributed by atoms with Gasteiger partial charge in [-0.05, 0) is 19.2 Å². The highest BCUT2D eigenvalue weighted by molar-refractivity contribution is 5.58. The zero-order valence-corrected chi connectivity index (χ0v) is 13.5. The first kappa shape index (κ1) is 18.0. The van der Waals surface area contributed by atoms with Crippen molar-refractivity contribution in [2.24, 2.45) is 0 Å². The standard InChI is InChI=1S/C15H25N3O2.ClH/c1-16-11-13(19)12-17-7-9-18(10-8-17)14-5-3-4-6-15(14)20-2;/h3-6,13,16,19H,7-12H2,1-2H3;1H/p-1. The van der Waals surface area contributed by atoms with Crippen LogP contribution in [0.5, 0.6) is 5.75 Å². The number of anilines is 1. The highest BCUT2D eigenvalue weighted by atomic mass is 35.5. The van der Waals surface area contributed by atoms with E-state index in [-0.39, 0.29) is 18.5 Å². The van der Waals surface area contributed by atoms with Crippen LogP contribution in [0.4, 0.5) is 5.69 Å². The zero-order valence-electron chi connectivity index (χ0n) is 12.8. The van der Waals surface area contributed by atoms with Crippen molar-refractivity contribution in [1.82, 2.24) is 10.2 Å². The smallest absolute Gasteiger partial charge is 0.142 e. The number of rotatable bonds is 6. The van der Waals surface area contributed by atoms with Gasteiger partial charge in [0.05, 0.1) is 18.9 Å². The summed E-state index contributed by atoms with van der Waals surface area (Å²) >= 11 is 0. The van der Waals surface area contributed by atoms with Crippen molar-refractivity contribution in [2.45, 2.75) is 6.10 Å². The lowest BCUT2D eigenvalue weighted by atomic mass is 10.2. The van der Waals surface area contributed by atoms with Gasteiger partial charge in [-0.25, -0.2) is 0 Å². The van der Waals surface area contributed by atoms with E-state index in [1.54, 1.807) is 7.11 Å². The second-order valence-corrected chi connectivity index (χ2v) is 5.17. The Hall–Kier alpha value is -1.01. The lowest BCUT2D eigenvalue weighted by molar-refractivity contribution is -0.00000680. The summed E-state index contributed by atoms with van der Waals surface area (Å²) in [5, 5.41) is 12.8. The molecule has 6 heteroatoms. The average Bonchev–Trinajstić information content (AvgIpc) is 2.48. The molecule has 0 aliphatic carbocycles. The predicted octanol–water partition coefficient (Wildman–Crippen LogP) is -2.60. The summed E-state index contributed by atoms with van der Waals surface area (Å²) in [6.07, 6.45) is -0.294. The number of ether oxygens (including phenoxy) is 1. The molecule has 1 saturated heterocycles. The number of methoxy groups -OCH3 is 1. The number of piperazine rings is 1. The van der Waals surface area contributed by atoms with Gasteiger partial charge in [0.1, 0.15) is 5.75 Å². The van der Waals surface area contributed by atoms with Crippen molar-refractivity contribution >= 4 is 5.69 Å². The maximum absolute atomic E-state index is 9.83. The molecule has 0 bridgehead atoms. The lowest BCUT2D eigenvalue weighted by Gasteiger charge is -2.37. The first-order valence-electron chi connectivity index (χ1n) is 7.17. The average molecular weight is 315 g/mol. The molecule has 0 spiro atoms. The molecule has 1 atom stereocenters. The third-order valence-corrected chi connectivity index (χ3v) is 3.71. The third-order valence-electron chi connectivity index (χ3n) is 3.71. The highest BCUT2D eigenvalue weighted by Gasteiger charge is 2.20. The first-order valence-corrected chi connectivity index (χ1v) is 7.17. The molecular formula is C15H25ClN3O2-. The fourth-order valence-corrected chi connectivity index (χ4v) is 2.66. The molecule has 1 aromatic rings. The molecule has 0 radical (unpaired) electrons. The van der Waals surface area contributed by atoms with Gasteiger partial charge in [-0.15, -0.1) is 0 Å². The maximum atomic E-state index is 9.83. The molecule has 0 amide bonds. The Morgan fingerprint density at radius 1 is 1.24 bits per heavy atom. The predicted molar refractivity (Wildman–Crippen MR) is 81.6 cm³/mol. The van der Waals surface area contributed by atoms with Crippen molar-refractivity contribution in [1.29, 1.82) is 0 Å². The van der Waals surface area contributed by atoms with Gasteiger partial charge in [0.2, 0.25) is 0 Å². The summed E-state index contributed by atoms with van der Waals surface area (Å²) in [6, 6.07) is 8.14. The normalized spacial score (nSPS) is 17.2. The first-order chi connectivity index (χ1) is 9.74. The molecule has 1 aliphatic rings. The number of β-amino-alcohol motifs (C(OH)–C–C–N with tert-alkyl or cyclic N) is 1. The summed E-state index contributed by atoms with van der Waals surface area (Å²) in [7, 11) is 3.58. The number of hydrogen-bond donors (Lipinski definition) is 2. The molecule has 120 valence electrons. The molecule has 1 heterocycles. The number of benzene rings is 1. The van der Waals surface area contributed by atoms with E-state index in [9.17, 15) is 5.11 Å². The number of nitrogens with one attached hydrogen (secondary N) is 1. The molecule has 1 fully saturated rings. The lowest BCUT2D eigenvalue weighted by Crippen LogP contribution is -3.00. The van der Waals surface area contributed by atoms with Crippen LogP contribution < -0.4 is 27.4 Å². The van der Waals surface area contributed by atoms with Gasteiger partial charge in [-0.1, -0.05) is 12.1 Å². The number of nitrogens with zero attached hydrogens (tertiary/aromatic N) is 2. The van der Waals surface area contributed by atoms with Crippen molar-refractivity contribution < 1.29 is 22.3 Å². The Morgan fingerprint density at radius 2 is 1.90 bits per heavy atom. The fraction of sp³-hybridized carbons (Fsp3) is 0.600. The summed E-state index contributed by atoms with van der Waals surface area (Å²) in [5.41, 5.74) is 1.16. The topological polar surface area (TPSA) is 48.0 Å². The molecule has 1 aromatic carbocycles. The second kappa shape index (κ2) is 9.10. The van der Waals surface area contributed by atoms with E-state index >= 15 is 0 Å². The van der Waals surface area contributed by atoms with Crippen molar-refractivity contribution in [3.63, 3.8) is 0 Å². The van der Waals surface area contributed by atoms with Crippen LogP contribution >= 0.6 is 0 Å². The van der Waals surface area contributed by atoms with Crippen molar-refractivity contribution in [2.75, 3.05) is 58.3 Å². The Bertz CT molecular complexity index is 412. The number of likely N-dealkylation sites (N-methyl/N-ethyl adjacent to an activating group) is 1. The molecule has 2 N–H and O–H groups in total. The van der Waals surface area contributed by atoms with E-state index in [2.05, 4.69) is 21.2 Å². The SMILES string of the molecule is CNCC(O)CN1CCN(c2ccccc2OC)CC1.[Cl-]. The molecule has 0 saturated carbocycles. The van der Waals surface area contributed by atoms with E-state index in [0.29, 0.717) is 6.54 Å². The van der Waals surface area contributed by atoms with Crippen molar-refractivity contribution in [3.05, 3.63) is 24.3 Å². The molecule has 1 unspecified atom stereocenters. The van der Waals surface area contributed by atoms with Gasteiger partial charge in [-0.3, -0.25) is 4.90 Å². The zero-order chi connectivity index (χ0) is 14.4. The van der Waals surface area contributed by atoms with Gasteiger partial charge in [0, 0.05) is 39.3 Å². The Labute approximate surface area is 133 Å². The molecule has 0 aromatic heterocycles. The molecular weight excluding hydrogens is 290 g/mol. The van der Waals surface area contributed by atoms with E-state index < -0.39 is 0 Å². The summed E-state index contributed by atoms with van der Waals surface area (Å²) in [4.78, 5) is 4.66. The van der Waals surface area contributed by atoms with E-state index in [1.165, 1.54) is 0 Å². The highest BCUT2D eigenvalue weighted by Crippen LogP contribution is 2.28. The van der Waals surface area contributed by atoms with Gasteiger partial charge in [-0.2, -0.15) is 0 Å². The van der Waals surface area contributed by atoms with Crippen LogP contribution in [-0.4, -0.2) is 69.5 Å². The van der Waals surface area contributed by atoms with E-state index in [1.807, 2.05) is 25.2 Å². The number of aliphatic hydroxyl groups is 1. The Balaban J connectivity index is 0.00000220. The van der Waals surface area contributed by atoms with E-state index in [0.717, 1.165) is 44.2 Å². The van der Waals surface area contributed by atoms with Crippen LogP contribution in [0.3, 0.4) is 0 Å². The van der Waals surface area contributed by atoms with Crippen LogP contribution in [-0.2, 0) is 0 Å². The molecule has 2 rings (SSSR count). The Morgan fingerprint density at radius 3 is 2.52 bits per heavy atom. The monoisotopic (exact) mass is 314 g/mol. The minimum Gasteiger partial charge on any atom is -1.00 e. The number of aliphatic hydroxyl groups excluding tert-OH is 1. The van der Waals surface area contributed by atoms with Crippen LogP contribution in [0.1, 0.15) is 0 Å². The number of para-hydroxylation sites is 2. The van der Waals surface area contributed by atoms with Gasteiger partial charge in [0.25, 0.3) is 0 Å². The minimum atomic E-state index is -0.294. The molecule has 21 heavy (non-hydrogen) atoms. The van der Waals surface area contributed by atoms with Crippen LogP contribution in [0.2, 0.25) is 0 Å². The van der Waals surface area contributed by atoms with Crippen LogP contribution in [0.15, 0.2) is 24.3 Å².